The number of carbonyl (C=O) groups is 1. The average Bonchev–Trinajstić information content (AvgIpc) is 2.80. The van der Waals surface area contributed by atoms with Gasteiger partial charge in [-0.05, 0) is 25.0 Å². The van der Waals surface area contributed by atoms with Gasteiger partial charge in [-0.3, -0.25) is 4.79 Å². The molecule has 1 atom stereocenters. The normalized spacial score (nSPS) is 11.4. The summed E-state index contributed by atoms with van der Waals surface area (Å²) in [7, 11) is 2.03. The minimum atomic E-state index is -0.384. The highest BCUT2D eigenvalue weighted by Gasteiger charge is 2.11. The summed E-state index contributed by atoms with van der Waals surface area (Å²) >= 11 is 0. The Kier molecular flexibility index (Phi) is 9.88. The third kappa shape index (κ3) is 5.68. The van der Waals surface area contributed by atoms with Crippen LogP contribution in [0.3, 0.4) is 0 Å². The summed E-state index contributed by atoms with van der Waals surface area (Å²) in [4.78, 5) is 16.3. The van der Waals surface area contributed by atoms with Crippen LogP contribution in [0, 0.1) is 0 Å². The molecule has 130 valence electrons. The van der Waals surface area contributed by atoms with Crippen molar-refractivity contribution in [3.8, 4) is 0 Å². The van der Waals surface area contributed by atoms with Gasteiger partial charge in [0.15, 0.2) is 0 Å². The van der Waals surface area contributed by atoms with Gasteiger partial charge >= 0.3 is 0 Å². The monoisotopic (exact) mass is 360 g/mol. The number of nitrogens with two attached hydrogens (primary N) is 1. The van der Waals surface area contributed by atoms with E-state index in [2.05, 4.69) is 20.9 Å². The number of halogens is 2. The van der Waals surface area contributed by atoms with Crippen molar-refractivity contribution in [3.05, 3.63) is 30.1 Å². The third-order valence-electron chi connectivity index (χ3n) is 3.69. The van der Waals surface area contributed by atoms with Crippen molar-refractivity contribution in [2.75, 3.05) is 6.54 Å². The maximum absolute atomic E-state index is 11.7. The highest BCUT2D eigenvalue weighted by molar-refractivity contribution is 5.85. The molecular formula is C16H26Cl2N4O. The Morgan fingerprint density at radius 3 is 2.70 bits per heavy atom. The highest BCUT2D eigenvalue weighted by Crippen LogP contribution is 2.14. The molecule has 1 amide bonds. The second kappa shape index (κ2) is 10.5. The number of hydrogen-bond acceptors (Lipinski definition) is 3. The molecule has 2 rings (SSSR count). The van der Waals surface area contributed by atoms with Crippen molar-refractivity contribution >= 4 is 41.8 Å². The van der Waals surface area contributed by atoms with E-state index in [1.165, 1.54) is 0 Å². The fourth-order valence-electron chi connectivity index (χ4n) is 2.45. The number of imidazole rings is 1. The van der Waals surface area contributed by atoms with E-state index in [4.69, 9.17) is 5.73 Å². The minimum absolute atomic E-state index is 0. The highest BCUT2D eigenvalue weighted by atomic mass is 35.5. The van der Waals surface area contributed by atoms with Gasteiger partial charge in [0.25, 0.3) is 0 Å². The molecule has 3 N–H and O–H groups in total. The first-order valence-electron chi connectivity index (χ1n) is 7.57. The molecule has 0 saturated heterocycles. The van der Waals surface area contributed by atoms with Crippen LogP contribution in [0.5, 0.6) is 0 Å². The number of aryl methyl sites for hydroxylation is 2. The number of amides is 1. The van der Waals surface area contributed by atoms with Crippen molar-refractivity contribution in [2.45, 2.75) is 38.6 Å². The second-order valence-electron chi connectivity index (χ2n) is 5.37. The van der Waals surface area contributed by atoms with E-state index in [9.17, 15) is 4.79 Å². The van der Waals surface area contributed by atoms with Crippen LogP contribution in [0.25, 0.3) is 11.0 Å². The molecule has 0 bridgehead atoms. The molecule has 0 fully saturated rings. The fraction of sp³-hybridized carbons (Fsp3) is 0.500. The summed E-state index contributed by atoms with van der Waals surface area (Å²) in [5.74, 6) is 0.991. The molecular weight excluding hydrogens is 335 g/mol. The molecule has 1 aromatic heterocycles. The summed E-state index contributed by atoms with van der Waals surface area (Å²) in [6, 6.07) is 7.71. The number of hydrogen-bond donors (Lipinski definition) is 2. The fourth-order valence-corrected chi connectivity index (χ4v) is 2.45. The Balaban J connectivity index is 0.00000242. The number of benzene rings is 1. The third-order valence-corrected chi connectivity index (χ3v) is 3.69. The van der Waals surface area contributed by atoms with E-state index >= 15 is 0 Å². The second-order valence-corrected chi connectivity index (χ2v) is 5.37. The Morgan fingerprint density at radius 2 is 2.04 bits per heavy atom. The van der Waals surface area contributed by atoms with Gasteiger partial charge in [0, 0.05) is 20.0 Å². The van der Waals surface area contributed by atoms with Crippen LogP contribution >= 0.6 is 24.8 Å². The predicted molar refractivity (Wildman–Crippen MR) is 99.4 cm³/mol. The SMILES string of the molecule is CCCC(N)C(=O)NCCCc1nc2ccccc2n1C.Cl.Cl. The largest absolute Gasteiger partial charge is 0.355 e. The standard InChI is InChI=1S/C16H24N4O.2ClH/c1-3-7-12(17)16(21)18-11-6-10-15-19-13-8-4-5-9-14(13)20(15)2;;/h4-5,8-9,12H,3,6-7,10-11,17H2,1-2H3,(H,18,21);2*1H. The molecule has 0 aliphatic carbocycles. The van der Waals surface area contributed by atoms with Crippen LogP contribution in [-0.2, 0) is 18.3 Å². The summed E-state index contributed by atoms with van der Waals surface area (Å²) in [5.41, 5.74) is 7.93. The zero-order valence-electron chi connectivity index (χ0n) is 13.6. The summed E-state index contributed by atoms with van der Waals surface area (Å²) in [6.07, 6.45) is 3.36. The topological polar surface area (TPSA) is 72.9 Å². The molecule has 0 aliphatic heterocycles. The number of nitrogens with zero attached hydrogens (tertiary/aromatic N) is 2. The summed E-state index contributed by atoms with van der Waals surface area (Å²) < 4.78 is 2.11. The first-order valence-corrected chi connectivity index (χ1v) is 7.57. The number of fused-ring (bicyclic) bond motifs is 1. The van der Waals surface area contributed by atoms with Gasteiger partial charge in [0.05, 0.1) is 17.1 Å². The average molecular weight is 361 g/mol. The van der Waals surface area contributed by atoms with Gasteiger partial charge in [0.1, 0.15) is 5.82 Å². The zero-order valence-corrected chi connectivity index (χ0v) is 15.3. The van der Waals surface area contributed by atoms with Crippen molar-refractivity contribution < 1.29 is 4.79 Å². The van der Waals surface area contributed by atoms with Gasteiger partial charge in [-0.15, -0.1) is 24.8 Å². The molecule has 1 unspecified atom stereocenters. The van der Waals surface area contributed by atoms with Gasteiger partial charge in [0.2, 0.25) is 5.91 Å². The van der Waals surface area contributed by atoms with E-state index in [0.29, 0.717) is 6.54 Å². The number of nitrogens with one attached hydrogen (secondary N) is 1. The van der Waals surface area contributed by atoms with Crippen molar-refractivity contribution in [2.24, 2.45) is 12.8 Å². The molecule has 0 spiro atoms. The zero-order chi connectivity index (χ0) is 15.2. The smallest absolute Gasteiger partial charge is 0.236 e. The Bertz CT molecular complexity index is 615. The van der Waals surface area contributed by atoms with E-state index in [1.807, 2.05) is 32.2 Å². The number of rotatable bonds is 7. The molecule has 1 aromatic carbocycles. The molecule has 5 nitrogen and oxygen atoms in total. The lowest BCUT2D eigenvalue weighted by Crippen LogP contribution is -2.40. The maximum Gasteiger partial charge on any atom is 0.236 e. The number of para-hydroxylation sites is 2. The van der Waals surface area contributed by atoms with E-state index in [1.54, 1.807) is 0 Å². The number of aromatic nitrogens is 2. The van der Waals surface area contributed by atoms with Crippen LogP contribution < -0.4 is 11.1 Å². The number of carbonyl (C=O) groups excluding carboxylic acids is 1. The van der Waals surface area contributed by atoms with Gasteiger partial charge in [-0.1, -0.05) is 25.5 Å². The van der Waals surface area contributed by atoms with Crippen molar-refractivity contribution in [1.29, 1.82) is 0 Å². The molecule has 23 heavy (non-hydrogen) atoms. The lowest BCUT2D eigenvalue weighted by atomic mass is 10.1. The summed E-state index contributed by atoms with van der Waals surface area (Å²) in [6.45, 7) is 2.67. The molecule has 1 heterocycles. The Hall–Kier alpha value is -1.30. The van der Waals surface area contributed by atoms with Gasteiger partial charge < -0.3 is 15.6 Å². The van der Waals surface area contributed by atoms with Crippen LogP contribution in [0.15, 0.2) is 24.3 Å². The van der Waals surface area contributed by atoms with Crippen LogP contribution in [0.4, 0.5) is 0 Å². The summed E-state index contributed by atoms with van der Waals surface area (Å²) in [5, 5.41) is 2.89. The molecule has 0 aliphatic rings. The van der Waals surface area contributed by atoms with E-state index in [0.717, 1.165) is 42.5 Å². The molecule has 2 aromatic rings. The van der Waals surface area contributed by atoms with Gasteiger partial charge in [-0.25, -0.2) is 4.98 Å². The van der Waals surface area contributed by atoms with E-state index < -0.39 is 0 Å². The quantitative estimate of drug-likeness (QED) is 0.745. The van der Waals surface area contributed by atoms with Crippen molar-refractivity contribution in [3.63, 3.8) is 0 Å². The van der Waals surface area contributed by atoms with Crippen LogP contribution in [0.1, 0.15) is 32.0 Å². The first kappa shape index (κ1) is 21.7. The molecule has 0 radical (unpaired) electrons. The van der Waals surface area contributed by atoms with Crippen LogP contribution in [-0.4, -0.2) is 28.0 Å². The predicted octanol–water partition coefficient (Wildman–Crippen LogP) is 2.59. The first-order chi connectivity index (χ1) is 10.1. The van der Waals surface area contributed by atoms with E-state index in [-0.39, 0.29) is 36.8 Å². The van der Waals surface area contributed by atoms with Crippen LogP contribution in [0.2, 0.25) is 0 Å². The molecule has 7 heteroatoms. The minimum Gasteiger partial charge on any atom is -0.355 e. The Morgan fingerprint density at radius 1 is 1.35 bits per heavy atom. The van der Waals surface area contributed by atoms with Gasteiger partial charge in [-0.2, -0.15) is 0 Å². The Labute approximate surface area is 149 Å². The lowest BCUT2D eigenvalue weighted by molar-refractivity contribution is -0.122. The lowest BCUT2D eigenvalue weighted by Gasteiger charge is -2.10. The molecule has 0 saturated carbocycles. The maximum atomic E-state index is 11.7. The van der Waals surface area contributed by atoms with Crippen molar-refractivity contribution in [1.82, 2.24) is 14.9 Å².